The number of fused-ring (bicyclic) bond motifs is 6. The van der Waals surface area contributed by atoms with Crippen molar-refractivity contribution in [2.24, 2.45) is 0 Å². The number of hydrogen-bond donors (Lipinski definition) is 4. The smallest absolute Gasteiger partial charge is 0.233 e. The van der Waals surface area contributed by atoms with Crippen LogP contribution in [0.1, 0.15) is 148 Å². The summed E-state index contributed by atoms with van der Waals surface area (Å²) in [5, 5.41) is 23.1. The van der Waals surface area contributed by atoms with E-state index < -0.39 is 10.8 Å². The lowest BCUT2D eigenvalue weighted by atomic mass is 9.88. The Bertz CT molecular complexity index is 3270. The summed E-state index contributed by atoms with van der Waals surface area (Å²) in [6, 6.07) is 20.1. The van der Waals surface area contributed by atoms with Crippen LogP contribution >= 0.6 is 22.7 Å². The van der Waals surface area contributed by atoms with Crippen LogP contribution in [-0.4, -0.2) is 201 Å². The minimum absolute atomic E-state index is 0.261. The first kappa shape index (κ1) is 61.8. The third-order valence-electron chi connectivity index (χ3n) is 21.1. The zero-order valence-electron chi connectivity index (χ0n) is 53.5. The topological polar surface area (TPSA) is 129 Å². The van der Waals surface area contributed by atoms with Gasteiger partial charge in [-0.15, -0.1) is 22.7 Å². The van der Waals surface area contributed by atoms with Crippen LogP contribution in [0.5, 0.6) is 0 Å². The van der Waals surface area contributed by atoms with Gasteiger partial charge in [-0.1, -0.05) is 40.8 Å². The molecule has 2 atom stereocenters. The minimum Gasteiger partial charge on any atom is -0.392 e. The monoisotopic (exact) mass is 1210 g/mol. The van der Waals surface area contributed by atoms with E-state index in [4.69, 9.17) is 0 Å². The van der Waals surface area contributed by atoms with Gasteiger partial charge in [0.1, 0.15) is 9.66 Å². The SMILES string of the molecule is Cc1cc(C)cc(-c2[nH]c3sc(C(C)(C)C(=O)N4C5CCC4CC5)cc3c2CCN2CCN(CC(C)O)CC2)c1.Cc1cc(C)cc(-c2[nH]c3sc(C(C)(C)C(=O)N4C5CCC4CC5)cc3c2CCN2CCN(CC(O)CN3CCCCC3)CC2)c1. The van der Waals surface area contributed by atoms with E-state index in [1.54, 1.807) is 22.7 Å². The van der Waals surface area contributed by atoms with E-state index in [0.717, 1.165) is 111 Å². The van der Waals surface area contributed by atoms with E-state index in [0.29, 0.717) is 36.0 Å². The van der Waals surface area contributed by atoms with E-state index in [2.05, 4.69) is 148 Å². The molecule has 2 unspecified atom stereocenters. The molecule has 7 fully saturated rings. The molecule has 7 aliphatic heterocycles. The summed E-state index contributed by atoms with van der Waals surface area (Å²) in [5.41, 5.74) is 11.8. The summed E-state index contributed by atoms with van der Waals surface area (Å²) in [5.74, 6) is 0.629. The highest BCUT2D eigenvalue weighted by atomic mass is 32.1. The van der Waals surface area contributed by atoms with Crippen molar-refractivity contribution < 1.29 is 19.8 Å². The molecule has 15 heteroatoms. The van der Waals surface area contributed by atoms with Gasteiger partial charge in [-0.3, -0.25) is 19.4 Å². The third-order valence-corrected chi connectivity index (χ3v) is 23.8. The van der Waals surface area contributed by atoms with Crippen molar-refractivity contribution in [2.75, 3.05) is 98.2 Å². The van der Waals surface area contributed by atoms with Crippen LogP contribution in [-0.2, 0) is 33.3 Å². The van der Waals surface area contributed by atoms with Gasteiger partial charge < -0.3 is 44.7 Å². The van der Waals surface area contributed by atoms with Gasteiger partial charge in [-0.05, 0) is 211 Å². The Morgan fingerprint density at radius 1 is 0.488 bits per heavy atom. The Labute approximate surface area is 521 Å². The first-order valence-corrected chi connectivity index (χ1v) is 35.0. The van der Waals surface area contributed by atoms with E-state index in [9.17, 15) is 19.8 Å². The molecule has 466 valence electrons. The van der Waals surface area contributed by atoms with Crippen molar-refractivity contribution >= 4 is 54.9 Å². The fourth-order valence-electron chi connectivity index (χ4n) is 16.4. The van der Waals surface area contributed by atoms with Gasteiger partial charge in [-0.25, -0.2) is 0 Å². The predicted molar refractivity (Wildman–Crippen MR) is 355 cm³/mol. The average molecular weight is 1210 g/mol. The number of nitrogens with one attached hydrogen (secondary N) is 2. The Kier molecular flexibility index (Phi) is 18.6. The zero-order chi connectivity index (χ0) is 60.2. The molecule has 2 amide bonds. The van der Waals surface area contributed by atoms with E-state index >= 15 is 0 Å². The molecule has 6 aromatic rings. The van der Waals surface area contributed by atoms with Crippen LogP contribution in [0, 0.1) is 27.7 Å². The maximum Gasteiger partial charge on any atom is 0.233 e. The van der Waals surface area contributed by atoms with Gasteiger partial charge >= 0.3 is 0 Å². The number of benzene rings is 2. The number of piperidine rings is 1. The fraction of sp³-hybridized carbons (Fsp3) is 0.634. The molecule has 7 saturated heterocycles. The number of aryl methyl sites for hydroxylation is 4. The molecular weight excluding hydrogens is 1110 g/mol. The second kappa shape index (κ2) is 25.8. The number of piperazine rings is 2. The van der Waals surface area contributed by atoms with Crippen molar-refractivity contribution in [2.45, 2.75) is 193 Å². The molecule has 0 spiro atoms. The van der Waals surface area contributed by atoms with Crippen molar-refractivity contribution in [3.8, 4) is 22.5 Å². The van der Waals surface area contributed by atoms with Crippen molar-refractivity contribution in [3.05, 3.63) is 91.7 Å². The predicted octanol–water partition coefficient (Wildman–Crippen LogP) is 11.4. The molecule has 11 heterocycles. The normalized spacial score (nSPS) is 23.5. The van der Waals surface area contributed by atoms with Gasteiger partial charge in [0.05, 0.1) is 34.4 Å². The van der Waals surface area contributed by atoms with Crippen molar-refractivity contribution in [3.63, 3.8) is 0 Å². The number of aromatic nitrogens is 2. The van der Waals surface area contributed by atoms with Gasteiger partial charge in [0.25, 0.3) is 0 Å². The second-order valence-electron chi connectivity index (χ2n) is 28.7. The molecule has 4 N–H and O–H groups in total. The molecule has 13 nitrogen and oxygen atoms in total. The number of thiophene rings is 2. The Balaban J connectivity index is 0.000000170. The number of H-pyrrole nitrogens is 2. The number of carbonyl (C=O) groups excluding carboxylic acids is 2. The number of aliphatic hydroxyl groups excluding tert-OH is 2. The number of amides is 2. The van der Waals surface area contributed by atoms with Crippen LogP contribution in [0.25, 0.3) is 42.9 Å². The first-order valence-electron chi connectivity index (χ1n) is 33.4. The number of nitrogens with zero attached hydrogens (tertiary/aromatic N) is 7. The minimum atomic E-state index is -0.526. The lowest BCUT2D eigenvalue weighted by Gasteiger charge is -2.36. The number of likely N-dealkylation sites (tertiary alicyclic amines) is 1. The van der Waals surface area contributed by atoms with Crippen LogP contribution in [0.4, 0.5) is 0 Å². The third kappa shape index (κ3) is 13.1. The summed E-state index contributed by atoms with van der Waals surface area (Å²) < 4.78 is 0. The standard InChI is InChI=1S/C38H55N5O2S.C33H46N4O2S/c1-26-20-27(2)22-28(21-26)35-32(12-15-40-16-18-42(19-17-40)25-31(44)24-41-13-6-5-7-14-41)33-23-34(46-36(33)39-35)38(3,4)37(45)43-29-8-9-30(43)11-10-29;1-21-16-22(2)18-24(17-21)30-27(10-11-35-12-14-36(15-13-35)20-23(3)38)28-19-29(40-31(28)34-30)33(4,5)32(39)37-25-6-7-26(37)9-8-25/h20-23,29-31,39,44H,5-19,24-25H2,1-4H3;16-19,23,25-26,34,38H,6-15,20H2,1-5H3. The van der Waals surface area contributed by atoms with Gasteiger partial charge in [0.2, 0.25) is 11.8 Å². The first-order chi connectivity index (χ1) is 41.2. The average Bonchev–Trinajstić information content (AvgIpc) is 2.00. The highest BCUT2D eigenvalue weighted by molar-refractivity contribution is 7.19. The summed E-state index contributed by atoms with van der Waals surface area (Å²) in [6.45, 7) is 34.0. The van der Waals surface area contributed by atoms with Crippen molar-refractivity contribution in [1.82, 2.24) is 44.3 Å². The molecular formula is C71H101N9O4S2. The molecule has 0 radical (unpaired) electrons. The van der Waals surface area contributed by atoms with Crippen LogP contribution in [0.3, 0.4) is 0 Å². The number of aliphatic hydroxyl groups is 2. The second-order valence-corrected chi connectivity index (χ2v) is 30.8. The Hall–Kier alpha value is -4.42. The van der Waals surface area contributed by atoms with E-state index in [1.807, 2.05) is 6.92 Å². The molecule has 4 bridgehead atoms. The number of hydrogen-bond acceptors (Lipinski definition) is 11. The summed E-state index contributed by atoms with van der Waals surface area (Å²) in [6.07, 6.45) is 14.7. The molecule has 0 saturated carbocycles. The van der Waals surface area contributed by atoms with Gasteiger partial charge in [0, 0.05) is 130 Å². The zero-order valence-corrected chi connectivity index (χ0v) is 55.2. The van der Waals surface area contributed by atoms with Gasteiger partial charge in [0.15, 0.2) is 0 Å². The van der Waals surface area contributed by atoms with E-state index in [-0.39, 0.29) is 12.2 Å². The maximum atomic E-state index is 14.0. The van der Waals surface area contributed by atoms with Crippen LogP contribution in [0.15, 0.2) is 48.5 Å². The number of rotatable bonds is 18. The molecule has 13 rings (SSSR count). The Morgan fingerprint density at radius 3 is 1.19 bits per heavy atom. The van der Waals surface area contributed by atoms with Crippen molar-refractivity contribution in [1.29, 1.82) is 0 Å². The highest BCUT2D eigenvalue weighted by Gasteiger charge is 2.49. The molecule has 7 aliphatic rings. The van der Waals surface area contributed by atoms with Crippen LogP contribution in [0.2, 0.25) is 0 Å². The van der Waals surface area contributed by atoms with Crippen LogP contribution < -0.4 is 0 Å². The Morgan fingerprint density at radius 2 is 0.826 bits per heavy atom. The molecule has 86 heavy (non-hydrogen) atoms. The lowest BCUT2D eigenvalue weighted by Crippen LogP contribution is -2.50. The number of carbonyl (C=O) groups is 2. The quantitative estimate of drug-likeness (QED) is 0.0665. The lowest BCUT2D eigenvalue weighted by molar-refractivity contribution is -0.138. The highest BCUT2D eigenvalue weighted by Crippen LogP contribution is 2.47. The number of aromatic amines is 2. The summed E-state index contributed by atoms with van der Waals surface area (Å²) >= 11 is 3.55. The molecule has 2 aromatic carbocycles. The maximum absolute atomic E-state index is 14.0. The molecule has 4 aromatic heterocycles. The van der Waals surface area contributed by atoms with Gasteiger partial charge in [-0.2, -0.15) is 0 Å². The van der Waals surface area contributed by atoms with E-state index in [1.165, 1.54) is 157 Å². The summed E-state index contributed by atoms with van der Waals surface area (Å²) in [4.78, 5) is 57.2. The number of β-amino-alcohol motifs (C(OH)–C–C–N with tert-alkyl or cyclic N) is 2. The largest absolute Gasteiger partial charge is 0.392 e. The fourth-order valence-corrected chi connectivity index (χ4v) is 18.7. The summed E-state index contributed by atoms with van der Waals surface area (Å²) in [7, 11) is 0. The molecule has 0 aliphatic carbocycles.